The van der Waals surface area contributed by atoms with E-state index in [9.17, 15) is 0 Å². The summed E-state index contributed by atoms with van der Waals surface area (Å²) in [5.74, 6) is 1.52. The molecule has 1 aliphatic rings. The van der Waals surface area contributed by atoms with Crippen molar-refractivity contribution < 1.29 is 9.84 Å². The molecule has 0 aromatic carbocycles. The lowest BCUT2D eigenvalue weighted by Crippen LogP contribution is -2.01. The largest absolute Gasteiger partial charge is 0.478 e. The van der Waals surface area contributed by atoms with Crippen LogP contribution in [0.15, 0.2) is 12.1 Å². The Kier molecular flexibility index (Phi) is 3.21. The number of aromatic nitrogens is 1. The molecule has 0 amide bonds. The van der Waals surface area contributed by atoms with E-state index < -0.39 is 0 Å². The molecule has 1 aliphatic carbocycles. The van der Waals surface area contributed by atoms with Crippen LogP contribution in [-0.2, 0) is 6.61 Å². The monoisotopic (exact) mass is 207 g/mol. The van der Waals surface area contributed by atoms with Crippen molar-refractivity contribution in [2.75, 3.05) is 6.61 Å². The summed E-state index contributed by atoms with van der Waals surface area (Å²) in [6, 6.07) is 3.67. The van der Waals surface area contributed by atoms with Crippen molar-refractivity contribution in [2.45, 2.75) is 32.8 Å². The van der Waals surface area contributed by atoms with Crippen LogP contribution >= 0.6 is 0 Å². The molecule has 0 atom stereocenters. The fraction of sp³-hybridized carbons (Fsp3) is 0.583. The van der Waals surface area contributed by atoms with E-state index in [1.165, 1.54) is 12.8 Å². The molecule has 1 fully saturated rings. The molecular weight excluding hydrogens is 190 g/mol. The summed E-state index contributed by atoms with van der Waals surface area (Å²) in [7, 11) is 0. The second-order valence-electron chi connectivity index (χ2n) is 4.19. The van der Waals surface area contributed by atoms with E-state index >= 15 is 0 Å². The number of ether oxygens (including phenoxy) is 1. The number of hydrogen-bond acceptors (Lipinski definition) is 3. The summed E-state index contributed by atoms with van der Waals surface area (Å²) < 4.78 is 5.56. The first-order valence-corrected chi connectivity index (χ1v) is 5.49. The Morgan fingerprint density at radius 2 is 2.27 bits per heavy atom. The van der Waals surface area contributed by atoms with Gasteiger partial charge < -0.3 is 9.84 Å². The number of hydrogen-bond donors (Lipinski definition) is 1. The third-order valence-corrected chi connectivity index (χ3v) is 2.65. The normalized spacial score (nSPS) is 15.3. The fourth-order valence-corrected chi connectivity index (χ4v) is 1.61. The highest BCUT2D eigenvalue weighted by atomic mass is 16.5. The Bertz CT molecular complexity index is 334. The molecule has 15 heavy (non-hydrogen) atoms. The van der Waals surface area contributed by atoms with E-state index in [0.717, 1.165) is 30.2 Å². The molecule has 82 valence electrons. The van der Waals surface area contributed by atoms with Crippen molar-refractivity contribution in [1.29, 1.82) is 0 Å². The van der Waals surface area contributed by atoms with Crippen LogP contribution in [0.2, 0.25) is 0 Å². The SMILES string of the molecule is Cc1cc(CO)cc(OCCC2CC2)n1. The Hall–Kier alpha value is -1.09. The number of rotatable bonds is 5. The van der Waals surface area contributed by atoms with Crippen LogP contribution in [-0.4, -0.2) is 16.7 Å². The van der Waals surface area contributed by atoms with E-state index in [1.54, 1.807) is 6.07 Å². The first-order chi connectivity index (χ1) is 7.28. The second-order valence-corrected chi connectivity index (χ2v) is 4.19. The molecule has 3 heteroatoms. The Balaban J connectivity index is 1.90. The van der Waals surface area contributed by atoms with Crippen LogP contribution in [0.5, 0.6) is 5.88 Å². The van der Waals surface area contributed by atoms with Crippen molar-refractivity contribution >= 4 is 0 Å². The molecule has 1 N–H and O–H groups in total. The zero-order valence-corrected chi connectivity index (χ0v) is 9.07. The molecule has 2 rings (SSSR count). The van der Waals surface area contributed by atoms with Gasteiger partial charge in [-0.25, -0.2) is 4.98 Å². The predicted octanol–water partition coefficient (Wildman–Crippen LogP) is 2.06. The van der Waals surface area contributed by atoms with Crippen LogP contribution in [0, 0.1) is 12.8 Å². The molecule has 0 radical (unpaired) electrons. The standard InChI is InChI=1S/C12H17NO2/c1-9-6-11(8-14)7-12(13-9)15-5-4-10-2-3-10/h6-7,10,14H,2-5,8H2,1H3. The van der Waals surface area contributed by atoms with Gasteiger partial charge in [-0.15, -0.1) is 0 Å². The molecule has 1 aromatic heterocycles. The lowest BCUT2D eigenvalue weighted by Gasteiger charge is -2.07. The van der Waals surface area contributed by atoms with Crippen molar-refractivity contribution in [3.8, 4) is 5.88 Å². The average molecular weight is 207 g/mol. The summed E-state index contributed by atoms with van der Waals surface area (Å²) >= 11 is 0. The fourth-order valence-electron chi connectivity index (χ4n) is 1.61. The average Bonchev–Trinajstić information content (AvgIpc) is 3.01. The van der Waals surface area contributed by atoms with Crippen LogP contribution in [0.3, 0.4) is 0 Å². The van der Waals surface area contributed by atoms with Crippen LogP contribution in [0.25, 0.3) is 0 Å². The summed E-state index contributed by atoms with van der Waals surface area (Å²) in [6.07, 6.45) is 3.84. The zero-order chi connectivity index (χ0) is 10.7. The van der Waals surface area contributed by atoms with E-state index in [0.29, 0.717) is 5.88 Å². The molecule has 0 saturated heterocycles. The summed E-state index contributed by atoms with van der Waals surface area (Å²) in [5.41, 5.74) is 1.76. The van der Waals surface area contributed by atoms with Crippen molar-refractivity contribution in [1.82, 2.24) is 4.98 Å². The van der Waals surface area contributed by atoms with Gasteiger partial charge in [0, 0.05) is 11.8 Å². The molecule has 0 spiro atoms. The molecule has 1 aromatic rings. The van der Waals surface area contributed by atoms with Gasteiger partial charge in [-0.2, -0.15) is 0 Å². The summed E-state index contributed by atoms with van der Waals surface area (Å²) in [4.78, 5) is 4.27. The predicted molar refractivity (Wildman–Crippen MR) is 57.7 cm³/mol. The second kappa shape index (κ2) is 4.62. The number of aryl methyl sites for hydroxylation is 1. The first-order valence-electron chi connectivity index (χ1n) is 5.49. The van der Waals surface area contributed by atoms with Gasteiger partial charge in [0.15, 0.2) is 0 Å². The highest BCUT2D eigenvalue weighted by Gasteiger charge is 2.20. The molecule has 1 saturated carbocycles. The van der Waals surface area contributed by atoms with Gasteiger partial charge in [-0.3, -0.25) is 0 Å². The molecule has 3 nitrogen and oxygen atoms in total. The summed E-state index contributed by atoms with van der Waals surface area (Å²) in [6.45, 7) is 2.70. The number of pyridine rings is 1. The maximum atomic E-state index is 9.03. The molecule has 0 unspecified atom stereocenters. The van der Waals surface area contributed by atoms with Gasteiger partial charge in [0.25, 0.3) is 0 Å². The molecular formula is C12H17NO2. The van der Waals surface area contributed by atoms with Crippen molar-refractivity contribution in [3.63, 3.8) is 0 Å². The highest BCUT2D eigenvalue weighted by molar-refractivity contribution is 5.23. The Morgan fingerprint density at radius 3 is 2.93 bits per heavy atom. The van der Waals surface area contributed by atoms with E-state index in [-0.39, 0.29) is 6.61 Å². The van der Waals surface area contributed by atoms with Gasteiger partial charge in [-0.05, 0) is 30.9 Å². The van der Waals surface area contributed by atoms with Gasteiger partial charge >= 0.3 is 0 Å². The van der Waals surface area contributed by atoms with Crippen molar-refractivity contribution in [2.24, 2.45) is 5.92 Å². The smallest absolute Gasteiger partial charge is 0.213 e. The molecule has 1 heterocycles. The Morgan fingerprint density at radius 1 is 1.47 bits per heavy atom. The quantitative estimate of drug-likeness (QED) is 0.803. The van der Waals surface area contributed by atoms with Gasteiger partial charge in [0.1, 0.15) is 0 Å². The lowest BCUT2D eigenvalue weighted by molar-refractivity contribution is 0.274. The van der Waals surface area contributed by atoms with Crippen LogP contribution in [0.4, 0.5) is 0 Å². The Labute approximate surface area is 90.1 Å². The topological polar surface area (TPSA) is 42.4 Å². The zero-order valence-electron chi connectivity index (χ0n) is 9.07. The molecule has 0 aliphatic heterocycles. The van der Waals surface area contributed by atoms with E-state index in [4.69, 9.17) is 9.84 Å². The maximum Gasteiger partial charge on any atom is 0.213 e. The third-order valence-electron chi connectivity index (χ3n) is 2.65. The number of aliphatic hydroxyl groups excluding tert-OH is 1. The highest BCUT2D eigenvalue weighted by Crippen LogP contribution is 2.32. The number of aliphatic hydroxyl groups is 1. The summed E-state index contributed by atoms with van der Waals surface area (Å²) in [5, 5.41) is 9.03. The van der Waals surface area contributed by atoms with Gasteiger partial charge in [-0.1, -0.05) is 12.8 Å². The maximum absolute atomic E-state index is 9.03. The van der Waals surface area contributed by atoms with Gasteiger partial charge in [0.05, 0.1) is 13.2 Å². The van der Waals surface area contributed by atoms with Crippen LogP contribution < -0.4 is 4.74 Å². The van der Waals surface area contributed by atoms with E-state index in [1.807, 2.05) is 13.0 Å². The minimum atomic E-state index is 0.0440. The minimum absolute atomic E-state index is 0.0440. The first kappa shape index (κ1) is 10.4. The van der Waals surface area contributed by atoms with Gasteiger partial charge in [0.2, 0.25) is 5.88 Å². The lowest BCUT2D eigenvalue weighted by atomic mass is 10.2. The molecule has 0 bridgehead atoms. The van der Waals surface area contributed by atoms with Crippen LogP contribution in [0.1, 0.15) is 30.5 Å². The van der Waals surface area contributed by atoms with E-state index in [2.05, 4.69) is 4.98 Å². The number of nitrogens with zero attached hydrogens (tertiary/aromatic N) is 1. The van der Waals surface area contributed by atoms with Crippen molar-refractivity contribution in [3.05, 3.63) is 23.4 Å². The minimum Gasteiger partial charge on any atom is -0.478 e. The third kappa shape index (κ3) is 3.20.